The molecule has 3 nitrogen and oxygen atoms in total. The highest BCUT2D eigenvalue weighted by Crippen LogP contribution is 2.28. The van der Waals surface area contributed by atoms with Crippen molar-refractivity contribution in [1.82, 2.24) is 10.3 Å². The van der Waals surface area contributed by atoms with Crippen LogP contribution in [0.15, 0.2) is 48.8 Å². The number of hydrogen-bond donors (Lipinski definition) is 1. The highest BCUT2D eigenvalue weighted by molar-refractivity contribution is 5.76. The molecule has 6 heteroatoms. The van der Waals surface area contributed by atoms with Gasteiger partial charge in [-0.1, -0.05) is 18.2 Å². The molecule has 116 valence electrons. The van der Waals surface area contributed by atoms with Gasteiger partial charge in [0, 0.05) is 25.4 Å². The predicted molar refractivity (Wildman–Crippen MR) is 75.8 cm³/mol. The van der Waals surface area contributed by atoms with Crippen LogP contribution in [0.1, 0.15) is 23.1 Å². The Balaban J connectivity index is 1.79. The maximum Gasteiger partial charge on any atom is 0.416 e. The summed E-state index contributed by atoms with van der Waals surface area (Å²) in [4.78, 5) is 15.7. The Morgan fingerprint density at radius 3 is 2.41 bits per heavy atom. The van der Waals surface area contributed by atoms with Gasteiger partial charge in [-0.15, -0.1) is 0 Å². The number of benzene rings is 1. The third-order valence-electron chi connectivity index (χ3n) is 3.13. The molecule has 2 aromatic rings. The Morgan fingerprint density at radius 2 is 1.82 bits per heavy atom. The molecule has 0 radical (unpaired) electrons. The molecule has 0 spiro atoms. The molecule has 0 bridgehead atoms. The third-order valence-corrected chi connectivity index (χ3v) is 3.13. The Morgan fingerprint density at radius 1 is 1.09 bits per heavy atom. The normalized spacial score (nSPS) is 11.2. The fourth-order valence-corrected chi connectivity index (χ4v) is 1.90. The second-order valence-electron chi connectivity index (χ2n) is 4.83. The summed E-state index contributed by atoms with van der Waals surface area (Å²) in [5.41, 5.74) is 0.897. The first-order chi connectivity index (χ1) is 10.4. The van der Waals surface area contributed by atoms with Crippen LogP contribution in [-0.2, 0) is 23.9 Å². The van der Waals surface area contributed by atoms with E-state index in [2.05, 4.69) is 10.3 Å². The SMILES string of the molecule is O=C(CCc1cccnc1)NCc1ccc(C(F)(F)F)cc1. The molecule has 0 atom stereocenters. The predicted octanol–water partition coefficient (Wildman–Crippen LogP) is 3.35. The smallest absolute Gasteiger partial charge is 0.352 e. The van der Waals surface area contributed by atoms with Crippen LogP contribution >= 0.6 is 0 Å². The topological polar surface area (TPSA) is 42.0 Å². The van der Waals surface area contributed by atoms with Gasteiger partial charge in [0.05, 0.1) is 5.56 Å². The van der Waals surface area contributed by atoms with Gasteiger partial charge in [0.2, 0.25) is 5.91 Å². The van der Waals surface area contributed by atoms with E-state index in [1.807, 2.05) is 6.07 Å². The van der Waals surface area contributed by atoms with Gasteiger partial charge < -0.3 is 5.32 Å². The van der Waals surface area contributed by atoms with E-state index in [-0.39, 0.29) is 12.5 Å². The van der Waals surface area contributed by atoms with Crippen molar-refractivity contribution in [2.75, 3.05) is 0 Å². The standard InChI is InChI=1S/C16H15F3N2O/c17-16(18,19)14-6-3-13(4-7-14)11-21-15(22)8-5-12-2-1-9-20-10-12/h1-4,6-7,9-10H,5,8,11H2,(H,21,22). The van der Waals surface area contributed by atoms with Crippen LogP contribution in [0.5, 0.6) is 0 Å². The number of aryl methyl sites for hydroxylation is 1. The molecule has 1 heterocycles. The van der Waals surface area contributed by atoms with Gasteiger partial charge in [0.15, 0.2) is 0 Å². The molecule has 1 aromatic heterocycles. The van der Waals surface area contributed by atoms with Crippen molar-refractivity contribution in [1.29, 1.82) is 0 Å². The van der Waals surface area contributed by atoms with Gasteiger partial charge in [-0.05, 0) is 35.7 Å². The summed E-state index contributed by atoms with van der Waals surface area (Å²) in [6.45, 7) is 0.212. The largest absolute Gasteiger partial charge is 0.416 e. The number of halogens is 3. The second kappa shape index (κ2) is 7.06. The summed E-state index contributed by atoms with van der Waals surface area (Å²) in [5.74, 6) is -0.149. The molecule has 0 aliphatic rings. The van der Waals surface area contributed by atoms with E-state index in [1.54, 1.807) is 18.5 Å². The zero-order valence-electron chi connectivity index (χ0n) is 11.7. The first-order valence-electron chi connectivity index (χ1n) is 6.77. The number of alkyl halides is 3. The maximum atomic E-state index is 12.4. The summed E-state index contributed by atoms with van der Waals surface area (Å²) in [6.07, 6.45) is -0.0954. The van der Waals surface area contributed by atoms with Crippen molar-refractivity contribution < 1.29 is 18.0 Å². The zero-order valence-corrected chi connectivity index (χ0v) is 11.7. The highest BCUT2D eigenvalue weighted by Gasteiger charge is 2.29. The zero-order chi connectivity index (χ0) is 16.0. The molecule has 22 heavy (non-hydrogen) atoms. The molecule has 0 unspecified atom stereocenters. The molecule has 0 fully saturated rings. The molecule has 0 saturated carbocycles. The second-order valence-corrected chi connectivity index (χ2v) is 4.83. The van der Waals surface area contributed by atoms with Crippen LogP contribution in [0, 0.1) is 0 Å². The summed E-state index contributed by atoms with van der Waals surface area (Å²) >= 11 is 0. The van der Waals surface area contributed by atoms with Crippen LogP contribution in [0.2, 0.25) is 0 Å². The molecular formula is C16H15F3N2O. The monoisotopic (exact) mass is 308 g/mol. The van der Waals surface area contributed by atoms with E-state index >= 15 is 0 Å². The number of aromatic nitrogens is 1. The summed E-state index contributed by atoms with van der Waals surface area (Å²) in [5, 5.41) is 2.69. The fourth-order valence-electron chi connectivity index (χ4n) is 1.90. The molecule has 1 aromatic carbocycles. The number of pyridine rings is 1. The molecule has 0 saturated heterocycles. The summed E-state index contributed by atoms with van der Waals surface area (Å²) in [6, 6.07) is 8.44. The highest BCUT2D eigenvalue weighted by atomic mass is 19.4. The van der Waals surface area contributed by atoms with Gasteiger partial charge >= 0.3 is 6.18 Å². The quantitative estimate of drug-likeness (QED) is 0.920. The molecule has 1 N–H and O–H groups in total. The van der Waals surface area contributed by atoms with E-state index in [9.17, 15) is 18.0 Å². The molecular weight excluding hydrogens is 293 g/mol. The number of hydrogen-bond acceptors (Lipinski definition) is 2. The Labute approximate surface area is 126 Å². The lowest BCUT2D eigenvalue weighted by Gasteiger charge is -2.08. The van der Waals surface area contributed by atoms with Gasteiger partial charge in [-0.3, -0.25) is 9.78 Å². The molecule has 1 amide bonds. The van der Waals surface area contributed by atoms with E-state index < -0.39 is 11.7 Å². The van der Waals surface area contributed by atoms with Crippen molar-refractivity contribution in [3.05, 3.63) is 65.5 Å². The first kappa shape index (κ1) is 16.0. The molecule has 0 aliphatic heterocycles. The van der Waals surface area contributed by atoms with Crippen molar-refractivity contribution >= 4 is 5.91 Å². The fraction of sp³-hybridized carbons (Fsp3) is 0.250. The minimum absolute atomic E-state index is 0.149. The Bertz CT molecular complexity index is 610. The van der Waals surface area contributed by atoms with E-state index in [4.69, 9.17) is 0 Å². The minimum atomic E-state index is -4.34. The summed E-state index contributed by atoms with van der Waals surface area (Å²) < 4.78 is 37.3. The maximum absolute atomic E-state index is 12.4. The Kier molecular flexibility index (Phi) is 5.14. The number of carbonyl (C=O) groups is 1. The number of nitrogens with one attached hydrogen (secondary N) is 1. The van der Waals surface area contributed by atoms with Crippen LogP contribution in [0.25, 0.3) is 0 Å². The Hall–Kier alpha value is -2.37. The number of amides is 1. The van der Waals surface area contributed by atoms with Crippen molar-refractivity contribution in [3.8, 4) is 0 Å². The average molecular weight is 308 g/mol. The number of carbonyl (C=O) groups excluding carboxylic acids is 1. The van der Waals surface area contributed by atoms with E-state index in [0.29, 0.717) is 18.4 Å². The lowest BCUT2D eigenvalue weighted by Crippen LogP contribution is -2.23. The van der Waals surface area contributed by atoms with Crippen LogP contribution < -0.4 is 5.32 Å². The average Bonchev–Trinajstić information content (AvgIpc) is 2.51. The number of rotatable bonds is 5. The van der Waals surface area contributed by atoms with Gasteiger partial charge in [-0.2, -0.15) is 13.2 Å². The van der Waals surface area contributed by atoms with Gasteiger partial charge in [-0.25, -0.2) is 0 Å². The minimum Gasteiger partial charge on any atom is -0.352 e. The van der Waals surface area contributed by atoms with Crippen LogP contribution in [0.3, 0.4) is 0 Å². The summed E-state index contributed by atoms with van der Waals surface area (Å²) in [7, 11) is 0. The van der Waals surface area contributed by atoms with E-state index in [0.717, 1.165) is 17.7 Å². The van der Waals surface area contributed by atoms with Crippen molar-refractivity contribution in [3.63, 3.8) is 0 Å². The van der Waals surface area contributed by atoms with Crippen molar-refractivity contribution in [2.24, 2.45) is 0 Å². The third kappa shape index (κ3) is 4.87. The van der Waals surface area contributed by atoms with Crippen molar-refractivity contribution in [2.45, 2.75) is 25.6 Å². The lowest BCUT2D eigenvalue weighted by atomic mass is 10.1. The lowest BCUT2D eigenvalue weighted by molar-refractivity contribution is -0.137. The first-order valence-corrected chi connectivity index (χ1v) is 6.77. The van der Waals surface area contributed by atoms with E-state index in [1.165, 1.54) is 12.1 Å². The molecule has 2 rings (SSSR count). The molecule has 0 aliphatic carbocycles. The van der Waals surface area contributed by atoms with Gasteiger partial charge in [0.1, 0.15) is 0 Å². The van der Waals surface area contributed by atoms with Crippen LogP contribution in [-0.4, -0.2) is 10.9 Å². The van der Waals surface area contributed by atoms with Gasteiger partial charge in [0.25, 0.3) is 0 Å². The van der Waals surface area contributed by atoms with Crippen LogP contribution in [0.4, 0.5) is 13.2 Å². The number of nitrogens with zero attached hydrogens (tertiary/aromatic N) is 1.